The Bertz CT molecular complexity index is 177. The lowest BCUT2D eigenvalue weighted by Crippen LogP contribution is -2.31. The number of hydrogen-bond donors (Lipinski definition) is 1. The van der Waals surface area contributed by atoms with E-state index in [9.17, 15) is 4.79 Å². The van der Waals surface area contributed by atoms with Gasteiger partial charge in [0.05, 0.1) is 13.2 Å². The lowest BCUT2D eigenvalue weighted by molar-refractivity contribution is 0.147. The van der Waals surface area contributed by atoms with Crippen molar-refractivity contribution in [2.45, 2.75) is 39.5 Å². The first kappa shape index (κ1) is 14.2. The Hall–Kier alpha value is -0.840. The Kier molecular flexibility index (Phi) is 9.16. The SMILES string of the molecule is CCCCOC(=O)NC(=S)OCCCC. The number of carbonyl (C=O) groups is 1. The Balaban J connectivity index is 3.45. The number of hydrogen-bond acceptors (Lipinski definition) is 4. The van der Waals surface area contributed by atoms with Crippen LogP contribution in [-0.4, -0.2) is 24.5 Å². The zero-order valence-electron chi connectivity index (χ0n) is 9.38. The van der Waals surface area contributed by atoms with Crippen molar-refractivity contribution < 1.29 is 14.3 Å². The number of nitrogens with one attached hydrogen (secondary N) is 1. The van der Waals surface area contributed by atoms with Crippen LogP contribution in [0, 0.1) is 0 Å². The molecule has 0 radical (unpaired) electrons. The summed E-state index contributed by atoms with van der Waals surface area (Å²) in [5.74, 6) is 0. The molecule has 0 aliphatic carbocycles. The van der Waals surface area contributed by atoms with E-state index in [1.54, 1.807) is 0 Å². The normalized spacial score (nSPS) is 9.47. The molecule has 88 valence electrons. The molecular weight excluding hydrogens is 214 g/mol. The van der Waals surface area contributed by atoms with E-state index in [0.717, 1.165) is 25.7 Å². The van der Waals surface area contributed by atoms with Gasteiger partial charge in [-0.25, -0.2) is 4.79 Å². The lowest BCUT2D eigenvalue weighted by Gasteiger charge is -2.08. The molecule has 15 heavy (non-hydrogen) atoms. The van der Waals surface area contributed by atoms with E-state index < -0.39 is 6.09 Å². The minimum Gasteiger partial charge on any atom is -0.471 e. The summed E-state index contributed by atoms with van der Waals surface area (Å²) in [4.78, 5) is 11.1. The minimum atomic E-state index is -0.537. The first-order chi connectivity index (χ1) is 7.20. The minimum absolute atomic E-state index is 0.0879. The van der Waals surface area contributed by atoms with E-state index in [4.69, 9.17) is 21.7 Å². The second-order valence-corrected chi connectivity index (χ2v) is 3.47. The highest BCUT2D eigenvalue weighted by Crippen LogP contribution is 1.91. The molecule has 0 fully saturated rings. The van der Waals surface area contributed by atoms with Gasteiger partial charge in [0.1, 0.15) is 0 Å². The average molecular weight is 233 g/mol. The fourth-order valence-electron chi connectivity index (χ4n) is 0.774. The number of amides is 1. The summed E-state index contributed by atoms with van der Waals surface area (Å²) in [7, 11) is 0. The second kappa shape index (κ2) is 9.71. The highest BCUT2D eigenvalue weighted by Gasteiger charge is 2.05. The first-order valence-corrected chi connectivity index (χ1v) is 5.72. The molecule has 0 aromatic heterocycles. The smallest absolute Gasteiger partial charge is 0.414 e. The van der Waals surface area contributed by atoms with Crippen molar-refractivity contribution in [3.05, 3.63) is 0 Å². The van der Waals surface area contributed by atoms with Gasteiger partial charge in [-0.3, -0.25) is 5.32 Å². The lowest BCUT2D eigenvalue weighted by atomic mass is 10.4. The second-order valence-electron chi connectivity index (χ2n) is 3.10. The van der Waals surface area contributed by atoms with Crippen molar-refractivity contribution >= 4 is 23.5 Å². The first-order valence-electron chi connectivity index (χ1n) is 5.31. The molecule has 0 heterocycles. The third-order valence-corrected chi connectivity index (χ3v) is 1.89. The van der Waals surface area contributed by atoms with Crippen LogP contribution in [0.15, 0.2) is 0 Å². The van der Waals surface area contributed by atoms with Crippen molar-refractivity contribution in [1.82, 2.24) is 5.32 Å². The topological polar surface area (TPSA) is 47.6 Å². The van der Waals surface area contributed by atoms with Gasteiger partial charge in [-0.2, -0.15) is 0 Å². The number of rotatable bonds is 6. The molecule has 1 N–H and O–H groups in total. The van der Waals surface area contributed by atoms with Gasteiger partial charge in [-0.05, 0) is 25.1 Å². The maximum atomic E-state index is 11.1. The molecule has 0 aliphatic rings. The van der Waals surface area contributed by atoms with Gasteiger partial charge >= 0.3 is 6.09 Å². The standard InChI is InChI=1S/C10H19NO3S/c1-3-5-7-13-9(12)11-10(15)14-8-6-4-2/h3-8H2,1-2H3,(H,11,12,15). The molecule has 4 nitrogen and oxygen atoms in total. The molecule has 1 amide bonds. The van der Waals surface area contributed by atoms with E-state index in [1.807, 2.05) is 6.92 Å². The average Bonchev–Trinajstić information content (AvgIpc) is 2.18. The van der Waals surface area contributed by atoms with Crippen molar-refractivity contribution in [1.29, 1.82) is 0 Å². The Labute approximate surface area is 96.3 Å². The number of thiocarbonyl (C=S) groups is 1. The zero-order valence-corrected chi connectivity index (χ0v) is 10.2. The third kappa shape index (κ3) is 9.46. The van der Waals surface area contributed by atoms with E-state index in [-0.39, 0.29) is 5.17 Å². The molecular formula is C10H19NO3S. The van der Waals surface area contributed by atoms with Crippen LogP contribution in [0.5, 0.6) is 0 Å². The van der Waals surface area contributed by atoms with Crippen molar-refractivity contribution in [3.8, 4) is 0 Å². The highest BCUT2D eigenvalue weighted by atomic mass is 32.1. The summed E-state index contributed by atoms with van der Waals surface area (Å²) < 4.78 is 9.92. The van der Waals surface area contributed by atoms with E-state index in [1.165, 1.54) is 0 Å². The van der Waals surface area contributed by atoms with Crippen LogP contribution >= 0.6 is 12.2 Å². The van der Waals surface area contributed by atoms with E-state index >= 15 is 0 Å². The Morgan fingerprint density at radius 1 is 1.13 bits per heavy atom. The molecule has 0 rings (SSSR count). The predicted octanol–water partition coefficient (Wildman–Crippen LogP) is 2.61. The van der Waals surface area contributed by atoms with Crippen LogP contribution in [-0.2, 0) is 9.47 Å². The van der Waals surface area contributed by atoms with Crippen LogP contribution < -0.4 is 5.32 Å². The summed E-state index contributed by atoms with van der Waals surface area (Å²) in [6, 6.07) is 0. The molecule has 5 heteroatoms. The van der Waals surface area contributed by atoms with Crippen molar-refractivity contribution in [2.24, 2.45) is 0 Å². The highest BCUT2D eigenvalue weighted by molar-refractivity contribution is 7.80. The molecule has 0 saturated heterocycles. The van der Waals surface area contributed by atoms with Gasteiger partial charge in [0.15, 0.2) is 0 Å². The number of carbonyl (C=O) groups excluding carboxylic acids is 1. The fourth-order valence-corrected chi connectivity index (χ4v) is 0.941. The Morgan fingerprint density at radius 2 is 1.67 bits per heavy atom. The molecule has 0 aromatic rings. The number of unbranched alkanes of at least 4 members (excludes halogenated alkanes) is 2. The summed E-state index contributed by atoms with van der Waals surface area (Å²) in [5.41, 5.74) is 0. The van der Waals surface area contributed by atoms with Gasteiger partial charge in [0, 0.05) is 0 Å². The van der Waals surface area contributed by atoms with Crippen molar-refractivity contribution in [3.63, 3.8) is 0 Å². The third-order valence-electron chi connectivity index (χ3n) is 1.67. The quantitative estimate of drug-likeness (QED) is 0.566. The largest absolute Gasteiger partial charge is 0.471 e. The fraction of sp³-hybridized carbons (Fsp3) is 0.800. The predicted molar refractivity (Wildman–Crippen MR) is 62.8 cm³/mol. The molecule has 0 saturated carbocycles. The van der Waals surface area contributed by atoms with Crippen LogP contribution in [0.25, 0.3) is 0 Å². The van der Waals surface area contributed by atoms with Gasteiger partial charge in [0.25, 0.3) is 5.17 Å². The summed E-state index contributed by atoms with van der Waals surface area (Å²) >= 11 is 4.79. The zero-order chi connectivity index (χ0) is 11.5. The molecule has 0 atom stereocenters. The molecule has 0 aromatic carbocycles. The van der Waals surface area contributed by atoms with Gasteiger partial charge in [0.2, 0.25) is 0 Å². The number of alkyl carbamates (subject to hydrolysis) is 1. The van der Waals surface area contributed by atoms with Crippen LogP contribution in [0.3, 0.4) is 0 Å². The monoisotopic (exact) mass is 233 g/mol. The molecule has 0 unspecified atom stereocenters. The summed E-state index contributed by atoms with van der Waals surface area (Å²) in [6.45, 7) is 5.03. The van der Waals surface area contributed by atoms with Crippen molar-refractivity contribution in [2.75, 3.05) is 13.2 Å². The van der Waals surface area contributed by atoms with Gasteiger partial charge < -0.3 is 9.47 Å². The number of ether oxygens (including phenoxy) is 2. The van der Waals surface area contributed by atoms with E-state index in [2.05, 4.69) is 12.2 Å². The van der Waals surface area contributed by atoms with Crippen LogP contribution in [0.4, 0.5) is 4.79 Å². The van der Waals surface area contributed by atoms with Gasteiger partial charge in [-0.15, -0.1) is 0 Å². The Morgan fingerprint density at radius 3 is 2.20 bits per heavy atom. The maximum absolute atomic E-state index is 11.1. The van der Waals surface area contributed by atoms with Crippen LogP contribution in [0.2, 0.25) is 0 Å². The van der Waals surface area contributed by atoms with E-state index in [0.29, 0.717) is 13.2 Å². The molecule has 0 bridgehead atoms. The maximum Gasteiger partial charge on any atom is 0.414 e. The summed E-state index contributed by atoms with van der Waals surface area (Å²) in [6.07, 6.45) is 3.27. The molecule has 0 spiro atoms. The van der Waals surface area contributed by atoms with Crippen LogP contribution in [0.1, 0.15) is 39.5 Å². The van der Waals surface area contributed by atoms with Gasteiger partial charge in [-0.1, -0.05) is 26.7 Å². The molecule has 0 aliphatic heterocycles. The summed E-state index contributed by atoms with van der Waals surface area (Å²) in [5, 5.41) is 2.43.